The van der Waals surface area contributed by atoms with Crippen LogP contribution in [0.2, 0.25) is 0 Å². The number of fused-ring (bicyclic) bond motifs is 1. The van der Waals surface area contributed by atoms with Crippen molar-refractivity contribution in [1.82, 2.24) is 4.90 Å². The first kappa shape index (κ1) is 23.3. The molecule has 33 heavy (non-hydrogen) atoms. The second-order valence-electron chi connectivity index (χ2n) is 9.04. The number of hydrogen-bond donors (Lipinski definition) is 2. The number of piperidine rings is 1. The van der Waals surface area contributed by atoms with E-state index in [4.69, 9.17) is 4.74 Å². The lowest BCUT2D eigenvalue weighted by molar-refractivity contribution is -0.127. The van der Waals surface area contributed by atoms with E-state index in [1.54, 1.807) is 0 Å². The standard InChI is InChI=1S/C28H34N2O3/c1-2-3-9-17-28(32)18-19-30(20-26(28)33-23-13-5-4-6-14-23)21-27(31)29-25-16-10-12-22-11-7-8-15-24(22)25/h4-8,10-16,26,32H,2-3,9,17-21H2,1H3,(H,29,31)/t26-,28-/m0/s1. The highest BCUT2D eigenvalue weighted by molar-refractivity contribution is 6.02. The molecule has 174 valence electrons. The van der Waals surface area contributed by atoms with Crippen molar-refractivity contribution in [3.63, 3.8) is 0 Å². The molecule has 3 aromatic carbocycles. The molecule has 0 aliphatic carbocycles. The van der Waals surface area contributed by atoms with E-state index in [-0.39, 0.29) is 18.6 Å². The fourth-order valence-electron chi connectivity index (χ4n) is 4.66. The summed E-state index contributed by atoms with van der Waals surface area (Å²) in [5.41, 5.74) is -0.0589. The molecular weight excluding hydrogens is 412 g/mol. The normalized spacial score (nSPS) is 21.1. The summed E-state index contributed by atoms with van der Waals surface area (Å²) in [5, 5.41) is 16.7. The first-order chi connectivity index (χ1) is 16.1. The average molecular weight is 447 g/mol. The molecule has 3 aromatic rings. The molecule has 0 bridgehead atoms. The van der Waals surface area contributed by atoms with Crippen molar-refractivity contribution >= 4 is 22.4 Å². The van der Waals surface area contributed by atoms with Crippen LogP contribution in [-0.4, -0.2) is 47.3 Å². The SMILES string of the molecule is CCCCC[C@]1(O)CCN(CC(=O)Nc2cccc3ccccc23)C[C@@H]1Oc1ccccc1. The van der Waals surface area contributed by atoms with Gasteiger partial charge >= 0.3 is 0 Å². The van der Waals surface area contributed by atoms with Gasteiger partial charge in [-0.05, 0) is 36.4 Å². The molecule has 2 atom stereocenters. The van der Waals surface area contributed by atoms with Gasteiger partial charge in [-0.1, -0.05) is 80.8 Å². The number of amides is 1. The zero-order valence-corrected chi connectivity index (χ0v) is 19.4. The maximum absolute atomic E-state index is 12.9. The number of benzene rings is 3. The molecule has 5 heteroatoms. The lowest BCUT2D eigenvalue weighted by Gasteiger charge is -2.44. The summed E-state index contributed by atoms with van der Waals surface area (Å²) in [5.74, 6) is 0.694. The fraction of sp³-hybridized carbons (Fsp3) is 0.393. The molecular formula is C28H34N2O3. The van der Waals surface area contributed by atoms with E-state index in [0.29, 0.717) is 25.9 Å². The molecule has 0 spiro atoms. The summed E-state index contributed by atoms with van der Waals surface area (Å²) in [6, 6.07) is 23.6. The van der Waals surface area contributed by atoms with Gasteiger partial charge in [0.25, 0.3) is 0 Å². The minimum atomic E-state index is -0.881. The molecule has 0 saturated carbocycles. The molecule has 0 unspecified atom stereocenters. The van der Waals surface area contributed by atoms with Crippen LogP contribution in [0.1, 0.15) is 39.0 Å². The topological polar surface area (TPSA) is 61.8 Å². The highest BCUT2D eigenvalue weighted by Gasteiger charge is 2.43. The molecule has 0 radical (unpaired) electrons. The summed E-state index contributed by atoms with van der Waals surface area (Å²) in [4.78, 5) is 15.0. The molecule has 5 nitrogen and oxygen atoms in total. The van der Waals surface area contributed by atoms with Crippen molar-refractivity contribution < 1.29 is 14.6 Å². The zero-order chi connectivity index (χ0) is 23.1. The number of unbranched alkanes of at least 4 members (excludes halogenated alkanes) is 2. The molecule has 4 rings (SSSR count). The highest BCUT2D eigenvalue weighted by Crippen LogP contribution is 2.32. The number of anilines is 1. The van der Waals surface area contributed by atoms with Crippen molar-refractivity contribution in [1.29, 1.82) is 0 Å². The average Bonchev–Trinajstić information content (AvgIpc) is 2.83. The highest BCUT2D eigenvalue weighted by atomic mass is 16.5. The number of carbonyl (C=O) groups excluding carboxylic acids is 1. The van der Waals surface area contributed by atoms with E-state index in [0.717, 1.165) is 41.5 Å². The van der Waals surface area contributed by atoms with Crippen molar-refractivity contribution in [3.05, 3.63) is 72.8 Å². The van der Waals surface area contributed by atoms with Crippen LogP contribution in [-0.2, 0) is 4.79 Å². The van der Waals surface area contributed by atoms with Gasteiger partial charge in [0.15, 0.2) is 0 Å². The van der Waals surface area contributed by atoms with Gasteiger partial charge in [0.2, 0.25) is 5.91 Å². The third-order valence-corrected chi connectivity index (χ3v) is 6.55. The number of rotatable bonds is 9. The summed E-state index contributed by atoms with van der Waals surface area (Å²) in [6.45, 7) is 3.61. The molecule has 1 aliphatic rings. The van der Waals surface area contributed by atoms with Crippen molar-refractivity contribution in [3.8, 4) is 5.75 Å². The maximum atomic E-state index is 12.9. The Hall–Kier alpha value is -2.89. The molecule has 1 heterocycles. The number of nitrogens with zero attached hydrogens (tertiary/aromatic N) is 1. The predicted molar refractivity (Wildman–Crippen MR) is 134 cm³/mol. The number of hydrogen-bond acceptors (Lipinski definition) is 4. The molecule has 1 saturated heterocycles. The molecule has 2 N–H and O–H groups in total. The third kappa shape index (κ3) is 5.92. The van der Waals surface area contributed by atoms with Crippen LogP contribution in [0.5, 0.6) is 5.75 Å². The third-order valence-electron chi connectivity index (χ3n) is 6.55. The van der Waals surface area contributed by atoms with E-state index < -0.39 is 5.60 Å². The molecule has 1 aliphatic heterocycles. The summed E-state index contributed by atoms with van der Waals surface area (Å²) >= 11 is 0. The summed E-state index contributed by atoms with van der Waals surface area (Å²) in [6.07, 6.45) is 4.11. The molecule has 1 amide bonds. The van der Waals surface area contributed by atoms with Crippen molar-refractivity contribution in [2.45, 2.75) is 50.7 Å². The molecule has 0 aromatic heterocycles. The number of aliphatic hydroxyl groups is 1. The lowest BCUT2D eigenvalue weighted by atomic mass is 9.83. The maximum Gasteiger partial charge on any atom is 0.238 e. The predicted octanol–water partition coefficient (Wildman–Crippen LogP) is 5.24. The quantitative estimate of drug-likeness (QED) is 0.441. The van der Waals surface area contributed by atoms with Gasteiger partial charge in [-0.2, -0.15) is 0 Å². The monoisotopic (exact) mass is 446 g/mol. The largest absolute Gasteiger partial charge is 0.486 e. The van der Waals surface area contributed by atoms with Gasteiger partial charge in [-0.15, -0.1) is 0 Å². The smallest absolute Gasteiger partial charge is 0.238 e. The van der Waals surface area contributed by atoms with E-state index in [9.17, 15) is 9.90 Å². The number of para-hydroxylation sites is 1. The van der Waals surface area contributed by atoms with Crippen molar-refractivity contribution in [2.24, 2.45) is 0 Å². The summed E-state index contributed by atoms with van der Waals surface area (Å²) in [7, 11) is 0. The lowest BCUT2D eigenvalue weighted by Crippen LogP contribution is -2.58. The van der Waals surface area contributed by atoms with Crippen LogP contribution >= 0.6 is 0 Å². The van der Waals surface area contributed by atoms with Crippen LogP contribution in [0, 0.1) is 0 Å². The Morgan fingerprint density at radius 1 is 1.06 bits per heavy atom. The van der Waals surface area contributed by atoms with Crippen LogP contribution in [0.15, 0.2) is 72.8 Å². The number of likely N-dealkylation sites (tertiary alicyclic amines) is 1. The minimum absolute atomic E-state index is 0.0544. The van der Waals surface area contributed by atoms with Gasteiger partial charge in [0.05, 0.1) is 6.54 Å². The Morgan fingerprint density at radius 2 is 1.82 bits per heavy atom. The van der Waals surface area contributed by atoms with Crippen LogP contribution < -0.4 is 10.1 Å². The van der Waals surface area contributed by atoms with Crippen LogP contribution in [0.3, 0.4) is 0 Å². The number of carbonyl (C=O) groups is 1. The Morgan fingerprint density at radius 3 is 2.64 bits per heavy atom. The Bertz CT molecular complexity index is 1050. The fourth-order valence-corrected chi connectivity index (χ4v) is 4.66. The van der Waals surface area contributed by atoms with Gasteiger partial charge in [-0.25, -0.2) is 0 Å². The number of nitrogens with one attached hydrogen (secondary N) is 1. The van der Waals surface area contributed by atoms with E-state index >= 15 is 0 Å². The minimum Gasteiger partial charge on any atom is -0.486 e. The van der Waals surface area contributed by atoms with Crippen LogP contribution in [0.4, 0.5) is 5.69 Å². The van der Waals surface area contributed by atoms with Gasteiger partial charge in [0, 0.05) is 24.2 Å². The second-order valence-corrected chi connectivity index (χ2v) is 9.04. The van der Waals surface area contributed by atoms with Gasteiger partial charge in [0.1, 0.15) is 17.5 Å². The Labute approximate surface area is 196 Å². The summed E-state index contributed by atoms with van der Waals surface area (Å²) < 4.78 is 6.27. The first-order valence-corrected chi connectivity index (χ1v) is 12.0. The van der Waals surface area contributed by atoms with Gasteiger partial charge < -0.3 is 15.2 Å². The van der Waals surface area contributed by atoms with Gasteiger partial charge in [-0.3, -0.25) is 9.69 Å². The Kier molecular flexibility index (Phi) is 7.63. The van der Waals surface area contributed by atoms with E-state index in [1.165, 1.54) is 0 Å². The first-order valence-electron chi connectivity index (χ1n) is 12.0. The Balaban J connectivity index is 1.43. The van der Waals surface area contributed by atoms with E-state index in [2.05, 4.69) is 17.1 Å². The van der Waals surface area contributed by atoms with Crippen molar-refractivity contribution in [2.75, 3.05) is 25.0 Å². The second kappa shape index (κ2) is 10.8. The molecule has 1 fully saturated rings. The number of ether oxygens (including phenoxy) is 1. The zero-order valence-electron chi connectivity index (χ0n) is 19.4. The van der Waals surface area contributed by atoms with Crippen LogP contribution in [0.25, 0.3) is 10.8 Å². The van der Waals surface area contributed by atoms with E-state index in [1.807, 2.05) is 72.8 Å².